The number of halogens is 1. The minimum Gasteiger partial charge on any atom is -0.496 e. The molecule has 0 radical (unpaired) electrons. The number of methoxy groups -OCH3 is 1. The molecule has 0 saturated carbocycles. The molecule has 0 bridgehead atoms. The molecule has 0 atom stereocenters. The van der Waals surface area contributed by atoms with E-state index in [0.29, 0.717) is 16.0 Å². The molecule has 2 heterocycles. The number of hydrogen-bond acceptors (Lipinski definition) is 4. The summed E-state index contributed by atoms with van der Waals surface area (Å²) in [5, 5.41) is 0.398. The van der Waals surface area contributed by atoms with Crippen LogP contribution in [0.15, 0.2) is 27.8 Å². The first-order valence-electron chi connectivity index (χ1n) is 7.45. The molecular formula is C17H17FN2O3S. The molecule has 0 spiro atoms. The van der Waals surface area contributed by atoms with E-state index in [-0.39, 0.29) is 6.54 Å². The highest BCUT2D eigenvalue weighted by molar-refractivity contribution is 7.19. The monoisotopic (exact) mass is 348 g/mol. The first-order chi connectivity index (χ1) is 11.5. The molecule has 0 amide bonds. The van der Waals surface area contributed by atoms with E-state index in [1.165, 1.54) is 11.3 Å². The average molecular weight is 348 g/mol. The van der Waals surface area contributed by atoms with Crippen LogP contribution in [-0.2, 0) is 6.54 Å². The van der Waals surface area contributed by atoms with E-state index >= 15 is 0 Å². The van der Waals surface area contributed by atoms with Crippen LogP contribution in [0.2, 0.25) is 0 Å². The molecule has 24 heavy (non-hydrogen) atoms. The second-order valence-electron chi connectivity index (χ2n) is 5.52. The van der Waals surface area contributed by atoms with Crippen LogP contribution in [0.1, 0.15) is 10.4 Å². The fourth-order valence-corrected chi connectivity index (χ4v) is 3.91. The molecule has 0 fully saturated rings. The zero-order chi connectivity index (χ0) is 17.4. The second-order valence-corrected chi connectivity index (χ2v) is 6.74. The lowest BCUT2D eigenvalue weighted by molar-refractivity contribution is 0.416. The predicted octanol–water partition coefficient (Wildman–Crippen LogP) is 3.01. The zero-order valence-electron chi connectivity index (χ0n) is 13.6. The van der Waals surface area contributed by atoms with Crippen molar-refractivity contribution in [3.8, 4) is 16.9 Å². The fraction of sp³-hybridized carbons (Fsp3) is 0.294. The summed E-state index contributed by atoms with van der Waals surface area (Å²) in [6.07, 6.45) is 0. The maximum Gasteiger partial charge on any atom is 0.329 e. The zero-order valence-corrected chi connectivity index (χ0v) is 14.4. The molecule has 2 aromatic heterocycles. The normalized spacial score (nSPS) is 11.2. The third kappa shape index (κ3) is 2.54. The molecule has 7 heteroatoms. The van der Waals surface area contributed by atoms with Crippen LogP contribution >= 0.6 is 11.3 Å². The molecule has 5 nitrogen and oxygen atoms in total. The summed E-state index contributed by atoms with van der Waals surface area (Å²) >= 11 is 1.34. The van der Waals surface area contributed by atoms with E-state index in [1.54, 1.807) is 7.11 Å². The van der Waals surface area contributed by atoms with Gasteiger partial charge in [0, 0.05) is 16.0 Å². The molecule has 0 aliphatic heterocycles. The topological polar surface area (TPSA) is 64.1 Å². The Morgan fingerprint density at radius 3 is 2.71 bits per heavy atom. The molecule has 3 aromatic rings. The summed E-state index contributed by atoms with van der Waals surface area (Å²) < 4.78 is 19.0. The summed E-state index contributed by atoms with van der Waals surface area (Å²) in [5.74, 6) is 0.644. The van der Waals surface area contributed by atoms with Gasteiger partial charge in [0.25, 0.3) is 5.56 Å². The Morgan fingerprint density at radius 1 is 1.29 bits per heavy atom. The number of nitrogens with zero attached hydrogens (tertiary/aromatic N) is 1. The molecule has 0 saturated heterocycles. The Morgan fingerprint density at radius 2 is 2.04 bits per heavy atom. The van der Waals surface area contributed by atoms with Crippen molar-refractivity contribution < 1.29 is 9.13 Å². The van der Waals surface area contributed by atoms with Crippen molar-refractivity contribution in [3.05, 3.63) is 49.5 Å². The average Bonchev–Trinajstić information content (AvgIpc) is 2.87. The van der Waals surface area contributed by atoms with Gasteiger partial charge in [0.05, 0.1) is 19.0 Å². The number of H-pyrrole nitrogens is 1. The summed E-state index contributed by atoms with van der Waals surface area (Å²) in [5.41, 5.74) is 1.48. The standard InChI is InChI=1S/C17H17FN2O3S/c1-9-4-5-12(23-3)11(8-9)13-10(2)24-15-14(13)16(21)20(7-6-18)17(22)19-15/h4-5,8H,6-7H2,1-3H3,(H,19,22). The Hall–Kier alpha value is -2.41. The number of thiophene rings is 1. The van der Waals surface area contributed by atoms with E-state index in [9.17, 15) is 14.0 Å². The van der Waals surface area contributed by atoms with Gasteiger partial charge in [0.1, 0.15) is 17.3 Å². The number of rotatable bonds is 4. The first-order valence-corrected chi connectivity index (χ1v) is 8.26. The highest BCUT2D eigenvalue weighted by Crippen LogP contribution is 2.40. The van der Waals surface area contributed by atoms with Crippen molar-refractivity contribution >= 4 is 21.6 Å². The molecule has 3 rings (SSSR count). The maximum atomic E-state index is 12.8. The van der Waals surface area contributed by atoms with Crippen LogP contribution in [0.4, 0.5) is 4.39 Å². The Kier molecular flexibility index (Phi) is 4.28. The minimum atomic E-state index is -0.777. The van der Waals surface area contributed by atoms with Crippen molar-refractivity contribution in [2.24, 2.45) is 0 Å². The van der Waals surface area contributed by atoms with Crippen LogP contribution in [-0.4, -0.2) is 23.3 Å². The van der Waals surface area contributed by atoms with E-state index < -0.39 is 17.9 Å². The Bertz CT molecular complexity index is 1030. The predicted molar refractivity (Wildman–Crippen MR) is 94.1 cm³/mol. The van der Waals surface area contributed by atoms with Crippen LogP contribution in [0.25, 0.3) is 21.3 Å². The van der Waals surface area contributed by atoms with E-state index in [1.807, 2.05) is 32.0 Å². The number of aromatic amines is 1. The van der Waals surface area contributed by atoms with Gasteiger partial charge in [0.2, 0.25) is 0 Å². The van der Waals surface area contributed by atoms with Crippen molar-refractivity contribution in [1.82, 2.24) is 9.55 Å². The number of aryl methyl sites for hydroxylation is 2. The van der Waals surface area contributed by atoms with Crippen molar-refractivity contribution in [3.63, 3.8) is 0 Å². The third-order valence-electron chi connectivity index (χ3n) is 3.94. The molecule has 0 aliphatic rings. The van der Waals surface area contributed by atoms with Gasteiger partial charge < -0.3 is 4.74 Å². The number of aromatic nitrogens is 2. The van der Waals surface area contributed by atoms with Crippen molar-refractivity contribution in [2.75, 3.05) is 13.8 Å². The summed E-state index contributed by atoms with van der Waals surface area (Å²) in [6, 6.07) is 5.71. The number of alkyl halides is 1. The minimum absolute atomic E-state index is 0.261. The lowest BCUT2D eigenvalue weighted by Crippen LogP contribution is -2.35. The molecule has 0 unspecified atom stereocenters. The highest BCUT2D eigenvalue weighted by atomic mass is 32.1. The van der Waals surface area contributed by atoms with Crippen molar-refractivity contribution in [2.45, 2.75) is 20.4 Å². The van der Waals surface area contributed by atoms with Crippen LogP contribution < -0.4 is 16.0 Å². The number of fused-ring (bicyclic) bond motifs is 1. The van der Waals surface area contributed by atoms with Gasteiger partial charge in [-0.1, -0.05) is 11.6 Å². The number of nitrogens with one attached hydrogen (secondary N) is 1. The molecular weight excluding hydrogens is 331 g/mol. The number of benzene rings is 1. The van der Waals surface area contributed by atoms with Gasteiger partial charge in [0.15, 0.2) is 0 Å². The summed E-state index contributed by atoms with van der Waals surface area (Å²) in [6.45, 7) is 2.80. The fourth-order valence-electron chi connectivity index (χ4n) is 2.86. The summed E-state index contributed by atoms with van der Waals surface area (Å²) in [7, 11) is 1.57. The smallest absolute Gasteiger partial charge is 0.329 e. The van der Waals surface area contributed by atoms with E-state index in [2.05, 4.69) is 4.98 Å². The van der Waals surface area contributed by atoms with E-state index in [4.69, 9.17) is 4.74 Å². The highest BCUT2D eigenvalue weighted by Gasteiger charge is 2.20. The second kappa shape index (κ2) is 6.24. The van der Waals surface area contributed by atoms with Crippen LogP contribution in [0.5, 0.6) is 5.75 Å². The van der Waals surface area contributed by atoms with Gasteiger partial charge in [-0.05, 0) is 26.0 Å². The number of hydrogen-bond donors (Lipinski definition) is 1. The quantitative estimate of drug-likeness (QED) is 0.788. The van der Waals surface area contributed by atoms with Gasteiger partial charge >= 0.3 is 5.69 Å². The third-order valence-corrected chi connectivity index (χ3v) is 4.96. The first kappa shape index (κ1) is 16.4. The lowest BCUT2D eigenvalue weighted by atomic mass is 10.0. The Balaban J connectivity index is 2.44. The van der Waals surface area contributed by atoms with Crippen LogP contribution in [0, 0.1) is 13.8 Å². The molecule has 1 aromatic carbocycles. The van der Waals surface area contributed by atoms with Crippen molar-refractivity contribution in [1.29, 1.82) is 0 Å². The van der Waals surface area contributed by atoms with Gasteiger partial charge in [-0.15, -0.1) is 11.3 Å². The van der Waals surface area contributed by atoms with Gasteiger partial charge in [-0.2, -0.15) is 0 Å². The van der Waals surface area contributed by atoms with E-state index in [0.717, 1.165) is 26.1 Å². The van der Waals surface area contributed by atoms with Gasteiger partial charge in [-0.3, -0.25) is 14.3 Å². The number of ether oxygens (including phenoxy) is 1. The maximum absolute atomic E-state index is 12.8. The molecule has 126 valence electrons. The van der Waals surface area contributed by atoms with Gasteiger partial charge in [-0.25, -0.2) is 9.18 Å². The summed E-state index contributed by atoms with van der Waals surface area (Å²) in [4.78, 5) is 28.8. The SMILES string of the molecule is COc1ccc(C)cc1-c1c(C)sc2[nH]c(=O)n(CCF)c(=O)c12. The molecule has 1 N–H and O–H groups in total. The molecule has 0 aliphatic carbocycles. The largest absolute Gasteiger partial charge is 0.496 e. The Labute approximate surface area is 141 Å². The lowest BCUT2D eigenvalue weighted by Gasteiger charge is -2.10. The van der Waals surface area contributed by atoms with Crippen LogP contribution in [0.3, 0.4) is 0 Å².